The zero-order valence-corrected chi connectivity index (χ0v) is 14.4. The second-order valence-electron chi connectivity index (χ2n) is 6.36. The van der Waals surface area contributed by atoms with Gasteiger partial charge in [-0.2, -0.15) is 0 Å². The van der Waals surface area contributed by atoms with Crippen molar-refractivity contribution in [1.82, 2.24) is 9.97 Å². The first-order valence-corrected chi connectivity index (χ1v) is 8.83. The lowest BCUT2D eigenvalue weighted by atomic mass is 10.1. The third-order valence-electron chi connectivity index (χ3n) is 4.54. The zero-order chi connectivity index (χ0) is 17.8. The molecule has 5 heteroatoms. The summed E-state index contributed by atoms with van der Waals surface area (Å²) in [5.74, 6) is 0.675. The summed E-state index contributed by atoms with van der Waals surface area (Å²) in [6.45, 7) is 2.06. The number of hydrogen-bond acceptors (Lipinski definition) is 4. The van der Waals surface area contributed by atoms with Gasteiger partial charge in [0.2, 0.25) is 5.95 Å². The van der Waals surface area contributed by atoms with Gasteiger partial charge in [0.1, 0.15) is 0 Å². The molecule has 1 aliphatic heterocycles. The van der Waals surface area contributed by atoms with Crippen LogP contribution in [-0.2, 0) is 0 Å². The Balaban J connectivity index is 1.46. The zero-order valence-electron chi connectivity index (χ0n) is 14.4. The van der Waals surface area contributed by atoms with Gasteiger partial charge in [-0.15, -0.1) is 0 Å². The Bertz CT molecular complexity index is 870. The lowest BCUT2D eigenvalue weighted by molar-refractivity contribution is 0.102. The summed E-state index contributed by atoms with van der Waals surface area (Å²) < 4.78 is 0. The number of aromatic nitrogens is 2. The van der Waals surface area contributed by atoms with E-state index >= 15 is 0 Å². The van der Waals surface area contributed by atoms with Crippen LogP contribution in [-0.4, -0.2) is 29.0 Å². The highest BCUT2D eigenvalue weighted by Gasteiger charge is 2.14. The smallest absolute Gasteiger partial charge is 0.255 e. The minimum absolute atomic E-state index is 0.122. The minimum Gasteiger partial charge on any atom is -0.341 e. The molecule has 1 aromatic heterocycles. The molecule has 26 heavy (non-hydrogen) atoms. The topological polar surface area (TPSA) is 58.1 Å². The normalized spacial score (nSPS) is 13.6. The highest BCUT2D eigenvalue weighted by atomic mass is 16.1. The van der Waals surface area contributed by atoms with E-state index in [9.17, 15) is 4.79 Å². The molecule has 0 radical (unpaired) electrons. The molecule has 130 valence electrons. The number of para-hydroxylation sites is 1. The molecule has 3 aromatic rings. The summed E-state index contributed by atoms with van der Waals surface area (Å²) >= 11 is 0. The SMILES string of the molecule is O=C(Nc1ccccc1)c1ccc(-c2cnc(N3CCCC3)nc2)cc1. The fourth-order valence-corrected chi connectivity index (χ4v) is 3.09. The molecule has 0 bridgehead atoms. The molecule has 1 aliphatic rings. The van der Waals surface area contributed by atoms with Gasteiger partial charge in [-0.3, -0.25) is 4.79 Å². The first kappa shape index (κ1) is 16.3. The van der Waals surface area contributed by atoms with Crippen LogP contribution >= 0.6 is 0 Å². The molecule has 2 heterocycles. The molecule has 1 saturated heterocycles. The Morgan fingerprint density at radius 1 is 0.846 bits per heavy atom. The van der Waals surface area contributed by atoms with Crippen LogP contribution in [0.2, 0.25) is 0 Å². The number of hydrogen-bond donors (Lipinski definition) is 1. The van der Waals surface area contributed by atoms with Crippen LogP contribution in [0.5, 0.6) is 0 Å². The van der Waals surface area contributed by atoms with E-state index in [0.717, 1.165) is 35.9 Å². The van der Waals surface area contributed by atoms with Gasteiger partial charge in [-0.05, 0) is 42.7 Å². The second-order valence-corrected chi connectivity index (χ2v) is 6.36. The van der Waals surface area contributed by atoms with Crippen LogP contribution in [0.3, 0.4) is 0 Å². The third kappa shape index (κ3) is 3.57. The van der Waals surface area contributed by atoms with E-state index in [0.29, 0.717) is 5.56 Å². The number of benzene rings is 2. The third-order valence-corrected chi connectivity index (χ3v) is 4.54. The maximum absolute atomic E-state index is 12.3. The number of anilines is 2. The Labute approximate surface area is 152 Å². The van der Waals surface area contributed by atoms with Gasteiger partial charge in [-0.25, -0.2) is 9.97 Å². The Morgan fingerprint density at radius 2 is 1.50 bits per heavy atom. The summed E-state index contributed by atoms with van der Waals surface area (Å²) in [5, 5.41) is 2.89. The molecule has 1 N–H and O–H groups in total. The summed E-state index contributed by atoms with van der Waals surface area (Å²) in [5.41, 5.74) is 3.34. The standard InChI is InChI=1S/C21H20N4O/c26-20(24-19-6-2-1-3-7-19)17-10-8-16(9-11-17)18-14-22-21(23-15-18)25-12-4-5-13-25/h1-3,6-11,14-15H,4-5,12-13H2,(H,24,26). The van der Waals surface area contributed by atoms with Gasteiger partial charge in [0.05, 0.1) is 0 Å². The van der Waals surface area contributed by atoms with E-state index in [1.165, 1.54) is 12.8 Å². The highest BCUT2D eigenvalue weighted by molar-refractivity contribution is 6.04. The average molecular weight is 344 g/mol. The number of carbonyl (C=O) groups is 1. The van der Waals surface area contributed by atoms with E-state index in [4.69, 9.17) is 0 Å². The van der Waals surface area contributed by atoms with Crippen molar-refractivity contribution in [2.24, 2.45) is 0 Å². The van der Waals surface area contributed by atoms with Crippen molar-refractivity contribution < 1.29 is 4.79 Å². The molecule has 4 rings (SSSR count). The van der Waals surface area contributed by atoms with E-state index in [1.807, 2.05) is 67.0 Å². The van der Waals surface area contributed by atoms with Gasteiger partial charge >= 0.3 is 0 Å². The molecule has 5 nitrogen and oxygen atoms in total. The van der Waals surface area contributed by atoms with Crippen LogP contribution < -0.4 is 10.2 Å². The molecule has 1 fully saturated rings. The molecule has 0 atom stereocenters. The number of amides is 1. The van der Waals surface area contributed by atoms with Gasteiger partial charge in [-0.1, -0.05) is 30.3 Å². The molecule has 0 saturated carbocycles. The van der Waals surface area contributed by atoms with E-state index in [2.05, 4.69) is 20.2 Å². The Morgan fingerprint density at radius 3 is 2.15 bits per heavy atom. The van der Waals surface area contributed by atoms with Crippen molar-refractivity contribution in [3.05, 3.63) is 72.6 Å². The molecular weight excluding hydrogens is 324 g/mol. The van der Waals surface area contributed by atoms with Gasteiger partial charge in [0, 0.05) is 42.3 Å². The Kier molecular flexibility index (Phi) is 4.60. The van der Waals surface area contributed by atoms with Crippen molar-refractivity contribution in [3.63, 3.8) is 0 Å². The molecule has 0 aliphatic carbocycles. The van der Waals surface area contributed by atoms with E-state index in [-0.39, 0.29) is 5.91 Å². The summed E-state index contributed by atoms with van der Waals surface area (Å²) in [4.78, 5) is 23.5. The van der Waals surface area contributed by atoms with Crippen LogP contribution in [0.1, 0.15) is 23.2 Å². The first-order valence-electron chi connectivity index (χ1n) is 8.83. The lowest BCUT2D eigenvalue weighted by Gasteiger charge is -2.14. The monoisotopic (exact) mass is 344 g/mol. The predicted octanol–water partition coefficient (Wildman–Crippen LogP) is 4.00. The highest BCUT2D eigenvalue weighted by Crippen LogP contribution is 2.21. The maximum atomic E-state index is 12.3. The van der Waals surface area contributed by atoms with E-state index < -0.39 is 0 Å². The fraction of sp³-hybridized carbons (Fsp3) is 0.190. The minimum atomic E-state index is -0.122. The molecule has 2 aromatic carbocycles. The van der Waals surface area contributed by atoms with Crippen molar-refractivity contribution in [3.8, 4) is 11.1 Å². The second kappa shape index (κ2) is 7.35. The van der Waals surface area contributed by atoms with Gasteiger partial charge in [0.25, 0.3) is 5.91 Å². The number of nitrogens with one attached hydrogen (secondary N) is 1. The van der Waals surface area contributed by atoms with Gasteiger partial charge < -0.3 is 10.2 Å². The molecular formula is C21H20N4O. The van der Waals surface area contributed by atoms with Crippen LogP contribution in [0.25, 0.3) is 11.1 Å². The largest absolute Gasteiger partial charge is 0.341 e. The maximum Gasteiger partial charge on any atom is 0.255 e. The number of rotatable bonds is 4. The predicted molar refractivity (Wildman–Crippen MR) is 103 cm³/mol. The van der Waals surface area contributed by atoms with Crippen molar-refractivity contribution in [1.29, 1.82) is 0 Å². The molecule has 0 spiro atoms. The number of nitrogens with zero attached hydrogens (tertiary/aromatic N) is 3. The summed E-state index contributed by atoms with van der Waals surface area (Å²) in [6.07, 6.45) is 6.11. The van der Waals surface area contributed by atoms with E-state index in [1.54, 1.807) is 0 Å². The fourth-order valence-electron chi connectivity index (χ4n) is 3.09. The lowest BCUT2D eigenvalue weighted by Crippen LogP contribution is -2.20. The van der Waals surface area contributed by atoms with Gasteiger partial charge in [0.15, 0.2) is 0 Å². The Hall–Kier alpha value is -3.21. The van der Waals surface area contributed by atoms with Crippen molar-refractivity contribution in [2.45, 2.75) is 12.8 Å². The summed E-state index contributed by atoms with van der Waals surface area (Å²) in [7, 11) is 0. The van der Waals surface area contributed by atoms with Crippen LogP contribution in [0.4, 0.5) is 11.6 Å². The first-order chi connectivity index (χ1) is 12.8. The molecule has 1 amide bonds. The number of carbonyl (C=O) groups excluding carboxylic acids is 1. The van der Waals surface area contributed by atoms with Crippen molar-refractivity contribution in [2.75, 3.05) is 23.3 Å². The van der Waals surface area contributed by atoms with Crippen LogP contribution in [0, 0.1) is 0 Å². The summed E-state index contributed by atoms with van der Waals surface area (Å²) in [6, 6.07) is 16.9. The van der Waals surface area contributed by atoms with Crippen molar-refractivity contribution >= 4 is 17.5 Å². The molecule has 0 unspecified atom stereocenters. The quantitative estimate of drug-likeness (QED) is 0.777. The average Bonchev–Trinajstić information content (AvgIpc) is 3.24. The van der Waals surface area contributed by atoms with Crippen LogP contribution in [0.15, 0.2) is 67.0 Å².